The number of amides is 1. The summed E-state index contributed by atoms with van der Waals surface area (Å²) in [6, 6.07) is 2.81. The molecule has 7 nitrogen and oxygen atoms in total. The van der Waals surface area contributed by atoms with Crippen molar-refractivity contribution in [3.8, 4) is 0 Å². The summed E-state index contributed by atoms with van der Waals surface area (Å²) in [5.41, 5.74) is 11.5. The van der Waals surface area contributed by atoms with E-state index in [2.05, 4.69) is 4.98 Å². The number of nitrogens with two attached hydrogens (primary N) is 2. The van der Waals surface area contributed by atoms with Crippen LogP contribution in [0.4, 0.5) is 11.5 Å². The zero-order chi connectivity index (χ0) is 14.2. The average Bonchev–Trinajstić information content (AvgIpc) is 2.69. The predicted octanol–water partition coefficient (Wildman–Crippen LogP) is -0.614. The molecule has 0 bridgehead atoms. The van der Waals surface area contributed by atoms with Gasteiger partial charge in [-0.3, -0.25) is 4.79 Å². The molecule has 0 aromatic carbocycles. The number of hydrogen-bond acceptors (Lipinski definition) is 6. The van der Waals surface area contributed by atoms with E-state index in [1.54, 1.807) is 18.0 Å². The van der Waals surface area contributed by atoms with Crippen molar-refractivity contribution in [3.63, 3.8) is 0 Å². The number of carbonyl (C=O) groups excluding carboxylic acids is 1. The van der Waals surface area contributed by atoms with E-state index in [0.717, 1.165) is 0 Å². The Labute approximate surface area is 111 Å². The third kappa shape index (κ3) is 2.78. The molecule has 1 aromatic heterocycles. The average molecular weight is 284 g/mol. The number of anilines is 2. The van der Waals surface area contributed by atoms with Crippen LogP contribution >= 0.6 is 0 Å². The Hall–Kier alpha value is -1.83. The summed E-state index contributed by atoms with van der Waals surface area (Å²) in [6.45, 7) is 0. The zero-order valence-corrected chi connectivity index (χ0v) is 11.4. The summed E-state index contributed by atoms with van der Waals surface area (Å²) in [5, 5.41) is 0. The molecule has 4 N–H and O–H groups in total. The SMILES string of the molecule is CN(c1nc(C(N)=O)ccc1N)C1CCS(=O)(=O)C1. The number of hydrogen-bond donors (Lipinski definition) is 2. The van der Waals surface area contributed by atoms with Crippen LogP contribution in [0.15, 0.2) is 12.1 Å². The molecule has 19 heavy (non-hydrogen) atoms. The highest BCUT2D eigenvalue weighted by molar-refractivity contribution is 7.91. The Morgan fingerprint density at radius 2 is 2.16 bits per heavy atom. The molecule has 104 valence electrons. The first-order chi connectivity index (χ1) is 8.80. The van der Waals surface area contributed by atoms with E-state index in [-0.39, 0.29) is 23.2 Å². The summed E-state index contributed by atoms with van der Waals surface area (Å²) < 4.78 is 23.0. The molecule has 1 aliphatic heterocycles. The lowest BCUT2D eigenvalue weighted by Crippen LogP contribution is -2.34. The van der Waals surface area contributed by atoms with E-state index in [1.807, 2.05) is 0 Å². The van der Waals surface area contributed by atoms with Crippen molar-refractivity contribution in [2.24, 2.45) is 5.73 Å². The highest BCUT2D eigenvalue weighted by atomic mass is 32.2. The molecule has 1 fully saturated rings. The van der Waals surface area contributed by atoms with Crippen molar-refractivity contribution in [1.29, 1.82) is 0 Å². The van der Waals surface area contributed by atoms with Gasteiger partial charge in [-0.1, -0.05) is 0 Å². The van der Waals surface area contributed by atoms with Gasteiger partial charge in [-0.2, -0.15) is 0 Å². The van der Waals surface area contributed by atoms with Crippen molar-refractivity contribution in [2.75, 3.05) is 29.2 Å². The maximum absolute atomic E-state index is 11.5. The van der Waals surface area contributed by atoms with Gasteiger partial charge in [-0.15, -0.1) is 0 Å². The van der Waals surface area contributed by atoms with Gasteiger partial charge in [0.15, 0.2) is 15.7 Å². The van der Waals surface area contributed by atoms with Gasteiger partial charge in [0, 0.05) is 13.1 Å². The summed E-state index contributed by atoms with van der Waals surface area (Å²) in [4.78, 5) is 16.9. The molecule has 2 heterocycles. The monoisotopic (exact) mass is 284 g/mol. The van der Waals surface area contributed by atoms with E-state index in [9.17, 15) is 13.2 Å². The second-order valence-corrected chi connectivity index (χ2v) is 6.87. The lowest BCUT2D eigenvalue weighted by atomic mass is 10.2. The van der Waals surface area contributed by atoms with Gasteiger partial charge in [0.05, 0.1) is 17.2 Å². The molecule has 1 atom stereocenters. The number of carbonyl (C=O) groups is 1. The topological polar surface area (TPSA) is 119 Å². The minimum absolute atomic E-state index is 0.0748. The third-order valence-corrected chi connectivity index (χ3v) is 5.00. The Kier molecular flexibility index (Phi) is 3.36. The van der Waals surface area contributed by atoms with Gasteiger partial charge in [-0.25, -0.2) is 13.4 Å². The van der Waals surface area contributed by atoms with E-state index < -0.39 is 15.7 Å². The second-order valence-electron chi connectivity index (χ2n) is 4.64. The number of pyridine rings is 1. The van der Waals surface area contributed by atoms with Crippen molar-refractivity contribution < 1.29 is 13.2 Å². The first-order valence-electron chi connectivity index (χ1n) is 5.80. The Morgan fingerprint density at radius 1 is 1.47 bits per heavy atom. The summed E-state index contributed by atoms with van der Waals surface area (Å²) in [7, 11) is -1.27. The maximum atomic E-state index is 11.5. The summed E-state index contributed by atoms with van der Waals surface area (Å²) in [6.07, 6.45) is 0.529. The third-order valence-electron chi connectivity index (χ3n) is 3.25. The van der Waals surface area contributed by atoms with Gasteiger partial charge in [-0.05, 0) is 18.6 Å². The minimum Gasteiger partial charge on any atom is -0.396 e. The van der Waals surface area contributed by atoms with E-state index in [1.165, 1.54) is 6.07 Å². The zero-order valence-electron chi connectivity index (χ0n) is 10.5. The molecule has 2 rings (SSSR count). The van der Waals surface area contributed by atoms with Crippen LogP contribution in [0.1, 0.15) is 16.9 Å². The molecule has 8 heteroatoms. The molecular weight excluding hydrogens is 268 g/mol. The van der Waals surface area contributed by atoms with E-state index in [0.29, 0.717) is 17.9 Å². The van der Waals surface area contributed by atoms with Gasteiger partial charge < -0.3 is 16.4 Å². The number of nitrogen functional groups attached to an aromatic ring is 1. The lowest BCUT2D eigenvalue weighted by molar-refractivity contribution is 0.0995. The van der Waals surface area contributed by atoms with E-state index >= 15 is 0 Å². The standard InChI is InChI=1S/C11H16N4O3S/c1-15(7-4-5-19(17,18)6-7)11-8(12)2-3-9(14-11)10(13)16/h2-3,7H,4-6,12H2,1H3,(H2,13,16). The molecule has 1 unspecified atom stereocenters. The van der Waals surface area contributed by atoms with Gasteiger partial charge in [0.2, 0.25) is 0 Å². The van der Waals surface area contributed by atoms with Crippen LogP contribution in [0.5, 0.6) is 0 Å². The highest BCUT2D eigenvalue weighted by Gasteiger charge is 2.32. The molecule has 0 radical (unpaired) electrons. The summed E-state index contributed by atoms with van der Waals surface area (Å²) >= 11 is 0. The predicted molar refractivity (Wildman–Crippen MR) is 72.6 cm³/mol. The van der Waals surface area contributed by atoms with Crippen LogP contribution in [-0.2, 0) is 9.84 Å². The van der Waals surface area contributed by atoms with Gasteiger partial charge in [0.1, 0.15) is 5.69 Å². The largest absolute Gasteiger partial charge is 0.396 e. The first-order valence-corrected chi connectivity index (χ1v) is 7.62. The number of sulfone groups is 1. The second kappa shape index (κ2) is 4.69. The minimum atomic E-state index is -2.99. The van der Waals surface area contributed by atoms with Crippen LogP contribution in [0.25, 0.3) is 0 Å². The van der Waals surface area contributed by atoms with Crippen LogP contribution in [-0.4, -0.2) is 43.9 Å². The number of rotatable bonds is 3. The van der Waals surface area contributed by atoms with E-state index in [4.69, 9.17) is 11.5 Å². The lowest BCUT2D eigenvalue weighted by Gasteiger charge is -2.25. The highest BCUT2D eigenvalue weighted by Crippen LogP contribution is 2.26. The molecule has 0 spiro atoms. The molecular formula is C11H16N4O3S. The fourth-order valence-electron chi connectivity index (χ4n) is 2.13. The van der Waals surface area contributed by atoms with Crippen molar-refractivity contribution in [3.05, 3.63) is 17.8 Å². The van der Waals surface area contributed by atoms with Gasteiger partial charge in [0.25, 0.3) is 5.91 Å². The fourth-order valence-corrected chi connectivity index (χ4v) is 3.91. The van der Waals surface area contributed by atoms with Gasteiger partial charge >= 0.3 is 0 Å². The molecule has 1 aliphatic rings. The smallest absolute Gasteiger partial charge is 0.267 e. The van der Waals surface area contributed by atoms with Crippen molar-refractivity contribution in [2.45, 2.75) is 12.5 Å². The Morgan fingerprint density at radius 3 is 2.68 bits per heavy atom. The van der Waals surface area contributed by atoms with Crippen LogP contribution in [0.3, 0.4) is 0 Å². The number of primary amides is 1. The van der Waals surface area contributed by atoms with Crippen LogP contribution < -0.4 is 16.4 Å². The van der Waals surface area contributed by atoms with Crippen LogP contribution in [0, 0.1) is 0 Å². The fraction of sp³-hybridized carbons (Fsp3) is 0.455. The Balaban J connectivity index is 2.31. The molecule has 0 aliphatic carbocycles. The summed E-state index contributed by atoms with van der Waals surface area (Å²) in [5.74, 6) is -0.0184. The molecule has 1 amide bonds. The molecule has 1 aromatic rings. The first kappa shape index (κ1) is 13.6. The van der Waals surface area contributed by atoms with Crippen molar-refractivity contribution in [1.82, 2.24) is 4.98 Å². The Bertz CT molecular complexity index is 614. The number of aromatic nitrogens is 1. The van der Waals surface area contributed by atoms with Crippen molar-refractivity contribution >= 4 is 27.2 Å². The molecule has 1 saturated heterocycles. The van der Waals surface area contributed by atoms with Crippen LogP contribution in [0.2, 0.25) is 0 Å². The maximum Gasteiger partial charge on any atom is 0.267 e. The quantitative estimate of drug-likeness (QED) is 0.764. The molecule has 0 saturated carbocycles. The normalized spacial score (nSPS) is 21.2. The number of nitrogens with zero attached hydrogens (tertiary/aromatic N) is 2.